The molecule has 0 bridgehead atoms. The fourth-order valence-electron chi connectivity index (χ4n) is 1.25. The number of methoxy groups -OCH3 is 1. The van der Waals surface area contributed by atoms with Gasteiger partial charge >= 0.3 is 5.97 Å². The van der Waals surface area contributed by atoms with Crippen LogP contribution in [-0.2, 0) is 14.3 Å². The normalized spacial score (nSPS) is 19.1. The molecule has 0 aromatic carbocycles. The zero-order chi connectivity index (χ0) is 11.4. The summed E-state index contributed by atoms with van der Waals surface area (Å²) in [6.45, 7) is 3.41. The van der Waals surface area contributed by atoms with E-state index >= 15 is 0 Å². The first kappa shape index (κ1) is 12.0. The molecule has 2 atom stereocenters. The molecule has 0 aliphatic heterocycles. The van der Waals surface area contributed by atoms with E-state index in [4.69, 9.17) is 0 Å². The summed E-state index contributed by atoms with van der Waals surface area (Å²) in [5.41, 5.74) is 0. The van der Waals surface area contributed by atoms with Crippen LogP contribution in [0.25, 0.3) is 0 Å². The second-order valence-corrected chi connectivity index (χ2v) is 3.92. The summed E-state index contributed by atoms with van der Waals surface area (Å²) >= 11 is 0. The molecule has 0 heterocycles. The molecule has 1 aliphatic rings. The fraction of sp³-hybridized carbons (Fsp3) is 0.800. The van der Waals surface area contributed by atoms with Crippen molar-refractivity contribution in [2.75, 3.05) is 7.11 Å². The van der Waals surface area contributed by atoms with Crippen LogP contribution in [0, 0.1) is 0 Å². The van der Waals surface area contributed by atoms with Gasteiger partial charge in [0.2, 0.25) is 5.91 Å². The van der Waals surface area contributed by atoms with E-state index in [9.17, 15) is 9.59 Å². The summed E-state index contributed by atoms with van der Waals surface area (Å²) in [5, 5.41) is 5.74. The van der Waals surface area contributed by atoms with Crippen LogP contribution in [0.15, 0.2) is 0 Å². The SMILES string of the molecule is COC(=O)C(C)NC(C)C(=O)NC1CC1. The van der Waals surface area contributed by atoms with E-state index in [0.29, 0.717) is 6.04 Å². The van der Waals surface area contributed by atoms with E-state index in [1.165, 1.54) is 7.11 Å². The standard InChI is InChI=1S/C10H18N2O3/c1-6(9(13)12-8-4-5-8)11-7(2)10(14)15-3/h6-8,11H,4-5H2,1-3H3,(H,12,13). The number of hydrogen-bond acceptors (Lipinski definition) is 4. The number of esters is 1. The summed E-state index contributed by atoms with van der Waals surface area (Å²) in [4.78, 5) is 22.6. The van der Waals surface area contributed by atoms with Gasteiger partial charge < -0.3 is 10.1 Å². The molecule has 86 valence electrons. The Labute approximate surface area is 89.6 Å². The molecule has 1 aliphatic carbocycles. The van der Waals surface area contributed by atoms with Gasteiger partial charge in [0.25, 0.3) is 0 Å². The first-order valence-electron chi connectivity index (χ1n) is 5.19. The lowest BCUT2D eigenvalue weighted by Crippen LogP contribution is -2.49. The van der Waals surface area contributed by atoms with Gasteiger partial charge in [0, 0.05) is 6.04 Å². The monoisotopic (exact) mass is 214 g/mol. The zero-order valence-electron chi connectivity index (χ0n) is 9.37. The van der Waals surface area contributed by atoms with Crippen molar-refractivity contribution in [3.8, 4) is 0 Å². The second kappa shape index (κ2) is 5.11. The minimum absolute atomic E-state index is 0.0618. The molecule has 1 saturated carbocycles. The number of nitrogens with one attached hydrogen (secondary N) is 2. The van der Waals surface area contributed by atoms with Crippen LogP contribution in [0.1, 0.15) is 26.7 Å². The molecule has 1 rings (SSSR count). The van der Waals surface area contributed by atoms with Gasteiger partial charge in [-0.25, -0.2) is 0 Å². The Morgan fingerprint density at radius 3 is 2.33 bits per heavy atom. The zero-order valence-corrected chi connectivity index (χ0v) is 9.37. The van der Waals surface area contributed by atoms with Crippen molar-refractivity contribution in [3.05, 3.63) is 0 Å². The van der Waals surface area contributed by atoms with E-state index in [1.807, 2.05) is 0 Å². The Hall–Kier alpha value is -1.10. The molecular weight excluding hydrogens is 196 g/mol. The van der Waals surface area contributed by atoms with Gasteiger partial charge in [0.15, 0.2) is 0 Å². The smallest absolute Gasteiger partial charge is 0.322 e. The Morgan fingerprint density at radius 2 is 1.87 bits per heavy atom. The van der Waals surface area contributed by atoms with Crippen molar-refractivity contribution in [1.82, 2.24) is 10.6 Å². The number of carbonyl (C=O) groups excluding carboxylic acids is 2. The highest BCUT2D eigenvalue weighted by molar-refractivity contribution is 5.83. The minimum Gasteiger partial charge on any atom is -0.468 e. The van der Waals surface area contributed by atoms with Crippen LogP contribution < -0.4 is 10.6 Å². The number of amides is 1. The van der Waals surface area contributed by atoms with Gasteiger partial charge in [-0.1, -0.05) is 0 Å². The van der Waals surface area contributed by atoms with Crippen LogP contribution in [0.3, 0.4) is 0 Å². The summed E-state index contributed by atoms with van der Waals surface area (Å²) in [7, 11) is 1.33. The van der Waals surface area contributed by atoms with Crippen LogP contribution >= 0.6 is 0 Å². The Bertz CT molecular complexity index is 251. The molecule has 5 nitrogen and oxygen atoms in total. The van der Waals surface area contributed by atoms with Crippen LogP contribution in [0.4, 0.5) is 0 Å². The average Bonchev–Trinajstić information content (AvgIpc) is 3.00. The number of hydrogen-bond donors (Lipinski definition) is 2. The van der Waals surface area contributed by atoms with E-state index in [1.54, 1.807) is 13.8 Å². The lowest BCUT2D eigenvalue weighted by Gasteiger charge is -2.17. The Kier molecular flexibility index (Phi) is 4.08. The maximum atomic E-state index is 11.5. The van der Waals surface area contributed by atoms with E-state index in [0.717, 1.165) is 12.8 Å². The van der Waals surface area contributed by atoms with Gasteiger partial charge in [0.05, 0.1) is 13.2 Å². The highest BCUT2D eigenvalue weighted by Crippen LogP contribution is 2.18. The van der Waals surface area contributed by atoms with Gasteiger partial charge in [-0.05, 0) is 26.7 Å². The van der Waals surface area contributed by atoms with E-state index in [2.05, 4.69) is 15.4 Å². The summed E-state index contributed by atoms with van der Waals surface area (Å²) in [5.74, 6) is -0.422. The van der Waals surface area contributed by atoms with Gasteiger partial charge in [-0.2, -0.15) is 0 Å². The third-order valence-electron chi connectivity index (χ3n) is 2.37. The molecule has 0 spiro atoms. The first-order valence-corrected chi connectivity index (χ1v) is 5.19. The quantitative estimate of drug-likeness (QED) is 0.622. The van der Waals surface area contributed by atoms with Crippen molar-refractivity contribution in [2.45, 2.75) is 44.8 Å². The molecule has 0 aromatic rings. The van der Waals surface area contributed by atoms with Crippen LogP contribution in [0.5, 0.6) is 0 Å². The molecule has 2 N–H and O–H groups in total. The molecule has 0 aromatic heterocycles. The molecule has 15 heavy (non-hydrogen) atoms. The molecule has 0 saturated heterocycles. The maximum Gasteiger partial charge on any atom is 0.322 e. The number of rotatable bonds is 5. The predicted octanol–water partition coefficient (Wildman–Crippen LogP) is -0.195. The average molecular weight is 214 g/mol. The predicted molar refractivity (Wildman–Crippen MR) is 55.2 cm³/mol. The maximum absolute atomic E-state index is 11.5. The molecule has 1 amide bonds. The molecule has 0 radical (unpaired) electrons. The highest BCUT2D eigenvalue weighted by atomic mass is 16.5. The summed E-state index contributed by atoms with van der Waals surface area (Å²) < 4.78 is 4.55. The lowest BCUT2D eigenvalue weighted by molar-refractivity contribution is -0.143. The number of carbonyl (C=O) groups is 2. The summed E-state index contributed by atoms with van der Waals surface area (Å²) in [6, 6.07) is -0.496. The fourth-order valence-corrected chi connectivity index (χ4v) is 1.25. The lowest BCUT2D eigenvalue weighted by atomic mass is 10.2. The van der Waals surface area contributed by atoms with Crippen LogP contribution in [0.2, 0.25) is 0 Å². The first-order chi connectivity index (χ1) is 7.04. The van der Waals surface area contributed by atoms with Crippen molar-refractivity contribution < 1.29 is 14.3 Å². The number of ether oxygens (including phenoxy) is 1. The Balaban J connectivity index is 2.29. The minimum atomic E-state index is -0.463. The topological polar surface area (TPSA) is 67.4 Å². The largest absolute Gasteiger partial charge is 0.468 e. The third kappa shape index (κ3) is 3.87. The third-order valence-corrected chi connectivity index (χ3v) is 2.37. The van der Waals surface area contributed by atoms with Gasteiger partial charge in [-0.15, -0.1) is 0 Å². The van der Waals surface area contributed by atoms with Crippen molar-refractivity contribution in [1.29, 1.82) is 0 Å². The van der Waals surface area contributed by atoms with Gasteiger partial charge in [-0.3, -0.25) is 14.9 Å². The van der Waals surface area contributed by atoms with Crippen molar-refractivity contribution in [2.24, 2.45) is 0 Å². The molecular formula is C10H18N2O3. The van der Waals surface area contributed by atoms with Crippen molar-refractivity contribution in [3.63, 3.8) is 0 Å². The Morgan fingerprint density at radius 1 is 1.27 bits per heavy atom. The van der Waals surface area contributed by atoms with Crippen molar-refractivity contribution >= 4 is 11.9 Å². The summed E-state index contributed by atoms with van der Waals surface area (Å²) in [6.07, 6.45) is 2.12. The van der Waals surface area contributed by atoms with E-state index < -0.39 is 6.04 Å². The van der Waals surface area contributed by atoms with E-state index in [-0.39, 0.29) is 17.9 Å². The van der Waals surface area contributed by atoms with Crippen LogP contribution in [-0.4, -0.2) is 37.1 Å². The molecule has 2 unspecified atom stereocenters. The molecule has 1 fully saturated rings. The second-order valence-electron chi connectivity index (χ2n) is 3.92. The van der Waals surface area contributed by atoms with Gasteiger partial charge in [0.1, 0.15) is 6.04 Å². The highest BCUT2D eigenvalue weighted by Gasteiger charge is 2.27. The molecule has 5 heteroatoms.